The maximum Gasteiger partial charge on any atom is 0.311 e. The van der Waals surface area contributed by atoms with E-state index in [9.17, 15) is 19.2 Å². The van der Waals surface area contributed by atoms with E-state index in [-0.39, 0.29) is 35.5 Å². The van der Waals surface area contributed by atoms with Crippen LogP contribution in [0.4, 0.5) is 0 Å². The summed E-state index contributed by atoms with van der Waals surface area (Å²) in [7, 11) is 0. The number of ether oxygens (including phenoxy) is 3. The Balaban J connectivity index is -0.000000543. The van der Waals surface area contributed by atoms with Crippen LogP contribution in [0, 0.1) is 16.7 Å². The minimum Gasteiger partial charge on any atom is -0.468 e. The van der Waals surface area contributed by atoms with E-state index in [2.05, 4.69) is 67.2 Å². The first-order valence-corrected chi connectivity index (χ1v) is 32.0. The molecule has 9 nitrogen and oxygen atoms in total. The molecular formula is C65H132N2O7. The van der Waals surface area contributed by atoms with Gasteiger partial charge in [-0.15, -0.1) is 0 Å². The molecule has 1 heterocycles. The van der Waals surface area contributed by atoms with Gasteiger partial charge in [0.15, 0.2) is 0 Å². The van der Waals surface area contributed by atoms with Gasteiger partial charge in [0.2, 0.25) is 5.91 Å². The van der Waals surface area contributed by atoms with Gasteiger partial charge >= 0.3 is 11.9 Å². The monoisotopic (exact) mass is 1050 g/mol. The summed E-state index contributed by atoms with van der Waals surface area (Å²) in [5.41, 5.74) is 3.99. The first-order chi connectivity index (χ1) is 35.5. The predicted molar refractivity (Wildman–Crippen MR) is 321 cm³/mol. The molecule has 2 N–H and O–H groups in total. The number of nitrogens with zero attached hydrogens (tertiary/aromatic N) is 1. The number of rotatable bonds is 45. The smallest absolute Gasteiger partial charge is 0.311 e. The quantitative estimate of drug-likeness (QED) is 0.0277. The fraction of sp³-hybridized carbons (Fsp3) is 0.938. The second-order valence-electron chi connectivity index (χ2n) is 23.4. The molecule has 0 aromatic carbocycles. The number of amides is 1. The standard InChI is InChI=1S/C28H54O4.C27H53NO2.C4H9NO.C4H10.C2H6/c1-5-7-9-11-13-17-21-26(22-18-14-12-10-8-6-2)32-27(30)28(3,4)23-19-15-16-20-24-31-25-29;1-5-7-9-13-19-25(20-14-10-8-6-2)30-26(29)27(3,4)21-15-11-12-16-22-28-23-17-18-24-28;1-2-3-4(5)6;1-4(2)3;1-2/h25-26H,5-24H2,1-4H3;25H,5-24H2,1-4H3;2-3H2,1H3,(H2,5,6);4H,1-3H3;1-2H3. The van der Waals surface area contributed by atoms with Crippen molar-refractivity contribution in [1.29, 1.82) is 0 Å². The number of nitrogens with two attached hydrogens (primary N) is 1. The van der Waals surface area contributed by atoms with E-state index < -0.39 is 5.41 Å². The number of unbranched alkanes of at least 4 members (excludes halogenated alkanes) is 22. The summed E-state index contributed by atoms with van der Waals surface area (Å²) in [5.74, 6) is 0.636. The van der Waals surface area contributed by atoms with Gasteiger partial charge in [0.25, 0.3) is 6.47 Å². The molecule has 0 aliphatic carbocycles. The van der Waals surface area contributed by atoms with Crippen LogP contribution in [0.15, 0.2) is 0 Å². The summed E-state index contributed by atoms with van der Waals surface area (Å²) in [6.07, 6.45) is 44.5. The Morgan fingerprint density at radius 3 is 1.12 bits per heavy atom. The number of hydrogen-bond acceptors (Lipinski definition) is 8. The SMILES string of the molecule is CC.CC(C)C.CCCC(N)=O.CCCCCCC(CCCCCC)OC(=O)C(C)(C)CCCCCCN1CCCC1.CCCCCCCCC(CCCCCCCC)OC(=O)C(C)(C)CCCCCCOC=O. The van der Waals surface area contributed by atoms with Gasteiger partial charge < -0.3 is 24.8 Å². The van der Waals surface area contributed by atoms with E-state index >= 15 is 0 Å². The largest absolute Gasteiger partial charge is 0.468 e. The van der Waals surface area contributed by atoms with Crippen LogP contribution in [-0.4, -0.2) is 67.7 Å². The fourth-order valence-corrected chi connectivity index (χ4v) is 8.92. The molecule has 1 aliphatic rings. The lowest BCUT2D eigenvalue weighted by Crippen LogP contribution is -2.31. The highest BCUT2D eigenvalue weighted by Crippen LogP contribution is 2.30. The van der Waals surface area contributed by atoms with Crippen LogP contribution < -0.4 is 5.73 Å². The highest BCUT2D eigenvalue weighted by atomic mass is 16.5. The number of carbonyl (C=O) groups is 4. The Bertz CT molecular complexity index is 1150. The molecule has 9 heteroatoms. The third-order valence-electron chi connectivity index (χ3n) is 13.8. The molecule has 1 fully saturated rings. The van der Waals surface area contributed by atoms with E-state index in [1.165, 1.54) is 180 Å². The molecule has 0 radical (unpaired) electrons. The third kappa shape index (κ3) is 57.5. The van der Waals surface area contributed by atoms with Crippen LogP contribution in [0.25, 0.3) is 0 Å². The van der Waals surface area contributed by atoms with Gasteiger partial charge in [0.1, 0.15) is 12.2 Å². The molecule has 0 aromatic rings. The Hall–Kier alpha value is -2.16. The summed E-state index contributed by atoms with van der Waals surface area (Å²) in [4.78, 5) is 48.5. The van der Waals surface area contributed by atoms with Crippen molar-refractivity contribution in [3.63, 3.8) is 0 Å². The molecule has 1 amide bonds. The zero-order valence-electron chi connectivity index (χ0n) is 52.4. The number of primary amides is 1. The zero-order chi connectivity index (χ0) is 56.6. The van der Waals surface area contributed by atoms with Crippen molar-refractivity contribution < 1.29 is 33.4 Å². The van der Waals surface area contributed by atoms with E-state index in [1.54, 1.807) is 0 Å². The minimum atomic E-state index is -0.431. The third-order valence-corrected chi connectivity index (χ3v) is 13.8. The molecule has 0 atom stereocenters. The highest BCUT2D eigenvalue weighted by Gasteiger charge is 2.32. The average Bonchev–Trinajstić information content (AvgIpc) is 3.89. The summed E-state index contributed by atoms with van der Waals surface area (Å²) in [6, 6.07) is 0. The Labute approximate surface area is 462 Å². The molecule has 1 rings (SSSR count). The molecule has 444 valence electrons. The van der Waals surface area contributed by atoms with Crippen LogP contribution in [0.2, 0.25) is 0 Å². The molecule has 0 unspecified atom stereocenters. The van der Waals surface area contributed by atoms with Crippen LogP contribution in [-0.2, 0) is 33.4 Å². The fourth-order valence-electron chi connectivity index (χ4n) is 8.92. The van der Waals surface area contributed by atoms with E-state index in [4.69, 9.17) is 19.9 Å². The second-order valence-corrected chi connectivity index (χ2v) is 23.4. The van der Waals surface area contributed by atoms with E-state index in [0.717, 1.165) is 83.0 Å². The van der Waals surface area contributed by atoms with Crippen molar-refractivity contribution in [3.05, 3.63) is 0 Å². The molecule has 0 saturated carbocycles. The molecule has 1 saturated heterocycles. The second kappa shape index (κ2) is 58.5. The van der Waals surface area contributed by atoms with Crippen molar-refractivity contribution in [2.75, 3.05) is 26.2 Å². The van der Waals surface area contributed by atoms with Crippen LogP contribution >= 0.6 is 0 Å². The molecule has 74 heavy (non-hydrogen) atoms. The van der Waals surface area contributed by atoms with Crippen molar-refractivity contribution >= 4 is 24.3 Å². The van der Waals surface area contributed by atoms with Crippen molar-refractivity contribution in [1.82, 2.24) is 4.90 Å². The first kappa shape index (κ1) is 78.3. The Kier molecular flexibility index (Phi) is 61.9. The maximum absolute atomic E-state index is 12.9. The Morgan fingerprint density at radius 2 is 0.797 bits per heavy atom. The molecule has 0 spiro atoms. The molecular weight excluding hydrogens is 921 g/mol. The average molecular weight is 1050 g/mol. The molecule has 0 bridgehead atoms. The lowest BCUT2D eigenvalue weighted by atomic mass is 9.86. The zero-order valence-corrected chi connectivity index (χ0v) is 52.4. The van der Waals surface area contributed by atoms with Gasteiger partial charge in [-0.1, -0.05) is 210 Å². The topological polar surface area (TPSA) is 125 Å². The van der Waals surface area contributed by atoms with Crippen LogP contribution in [0.3, 0.4) is 0 Å². The van der Waals surface area contributed by atoms with Gasteiger partial charge in [-0.05, 0) is 150 Å². The van der Waals surface area contributed by atoms with E-state index in [1.807, 2.05) is 34.6 Å². The lowest BCUT2D eigenvalue weighted by Gasteiger charge is -2.27. The van der Waals surface area contributed by atoms with Gasteiger partial charge in [-0.3, -0.25) is 19.2 Å². The van der Waals surface area contributed by atoms with Crippen LogP contribution in [0.1, 0.15) is 341 Å². The minimum absolute atomic E-state index is 0.0243. The predicted octanol–water partition coefficient (Wildman–Crippen LogP) is 19.4. The van der Waals surface area contributed by atoms with E-state index in [0.29, 0.717) is 19.5 Å². The number of carbonyl (C=O) groups excluding carboxylic acids is 4. The van der Waals surface area contributed by atoms with Gasteiger partial charge in [0, 0.05) is 6.42 Å². The summed E-state index contributed by atoms with van der Waals surface area (Å²) >= 11 is 0. The van der Waals surface area contributed by atoms with Crippen LogP contribution in [0.5, 0.6) is 0 Å². The number of esters is 2. The summed E-state index contributed by atoms with van der Waals surface area (Å²) in [5, 5.41) is 0. The van der Waals surface area contributed by atoms with Gasteiger partial charge in [-0.2, -0.15) is 0 Å². The van der Waals surface area contributed by atoms with Crippen molar-refractivity contribution in [2.24, 2.45) is 22.5 Å². The summed E-state index contributed by atoms with van der Waals surface area (Å²) < 4.78 is 16.9. The Morgan fingerprint density at radius 1 is 0.486 bits per heavy atom. The van der Waals surface area contributed by atoms with Crippen molar-refractivity contribution in [3.8, 4) is 0 Å². The number of likely N-dealkylation sites (tertiary alicyclic amines) is 1. The summed E-state index contributed by atoms with van der Waals surface area (Å²) in [6.45, 7) is 34.5. The molecule has 0 aromatic heterocycles. The maximum atomic E-state index is 12.9. The van der Waals surface area contributed by atoms with Gasteiger partial charge in [-0.25, -0.2) is 0 Å². The lowest BCUT2D eigenvalue weighted by molar-refractivity contribution is -0.161. The van der Waals surface area contributed by atoms with Crippen molar-refractivity contribution in [2.45, 2.75) is 353 Å². The first-order valence-electron chi connectivity index (χ1n) is 32.0. The highest BCUT2D eigenvalue weighted by molar-refractivity contribution is 5.76. The van der Waals surface area contributed by atoms with Gasteiger partial charge in [0.05, 0.1) is 17.4 Å². The molecule has 1 aliphatic heterocycles. The number of hydrogen-bond donors (Lipinski definition) is 1. The normalized spacial score (nSPS) is 12.4.